The molecule has 0 rings (SSSR count). The van der Waals surface area contributed by atoms with E-state index < -0.39 is 23.0 Å². The Hall–Kier alpha value is 0.509. The second-order valence-electron chi connectivity index (χ2n) is 6.59. The number of halogens is 5. The van der Waals surface area contributed by atoms with Gasteiger partial charge in [0.1, 0.15) is 0 Å². The van der Waals surface area contributed by atoms with Crippen molar-refractivity contribution in [2.24, 2.45) is 5.73 Å². The Morgan fingerprint density at radius 3 is 0.895 bits per heavy atom. The van der Waals surface area contributed by atoms with Gasteiger partial charge >= 0.3 is 25.2 Å². The summed E-state index contributed by atoms with van der Waals surface area (Å²) in [4.78, 5) is 28.2. The summed E-state index contributed by atoms with van der Waals surface area (Å²) in [6, 6.07) is -1.44. The van der Waals surface area contributed by atoms with Gasteiger partial charge in [0.25, 0.3) is 0 Å². The fraction of sp³-hybridized carbons (Fsp3) is 1.00. The van der Waals surface area contributed by atoms with E-state index in [0.717, 1.165) is 5.33 Å². The predicted octanol–water partition coefficient (Wildman–Crippen LogP) is 9.62. The van der Waals surface area contributed by atoms with E-state index in [1.807, 2.05) is 20.8 Å². The van der Waals surface area contributed by atoms with Gasteiger partial charge in [0.05, 0.1) is 10.2 Å². The molecule has 6 unspecified atom stereocenters. The van der Waals surface area contributed by atoms with E-state index in [2.05, 4.69) is 57.1 Å². The van der Waals surface area contributed by atoms with Crippen LogP contribution in [0.4, 0.5) is 0 Å². The van der Waals surface area contributed by atoms with Gasteiger partial charge in [-0.3, -0.25) is 30.3 Å². The van der Waals surface area contributed by atoms with Crippen LogP contribution in [0.1, 0.15) is 99.4 Å². The Labute approximate surface area is 274 Å². The molecule has 0 aromatic carbocycles. The summed E-state index contributed by atoms with van der Waals surface area (Å²) in [5.74, 6) is 0. The molecule has 0 saturated heterocycles. The van der Waals surface area contributed by atoms with Gasteiger partial charge < -0.3 is 5.73 Å². The van der Waals surface area contributed by atoms with Crippen LogP contribution >= 0.6 is 65.2 Å². The molecule has 0 radical (unpaired) electrons. The average molecular weight is 804 g/mol. The molecule has 16 heteroatoms. The Balaban J connectivity index is -0.0000000259. The van der Waals surface area contributed by atoms with Crippen molar-refractivity contribution in [3.05, 3.63) is 30.3 Å². The molecular weight excluding hydrogens is 746 g/mol. The fourth-order valence-electron chi connectivity index (χ4n) is 0.335. The van der Waals surface area contributed by atoms with E-state index in [1.54, 1.807) is 34.6 Å². The quantitative estimate of drug-likeness (QED) is 0.121. The molecule has 0 saturated carbocycles. The topological polar surface area (TPSA) is 155 Å². The van der Waals surface area contributed by atoms with Crippen molar-refractivity contribution in [3.8, 4) is 0 Å². The van der Waals surface area contributed by atoms with Gasteiger partial charge in [0.2, 0.25) is 18.1 Å². The van der Waals surface area contributed by atoms with Crippen molar-refractivity contribution < 1.29 is 29.9 Å². The molecule has 6 atom stereocenters. The molecule has 38 heavy (non-hydrogen) atoms. The fourth-order valence-corrected chi connectivity index (χ4v) is 0.620. The normalized spacial score (nSPS) is 12.6. The first-order valence-corrected chi connectivity index (χ1v) is 13.8. The first kappa shape index (κ1) is 71.6. The molecule has 0 amide bonds. The van der Waals surface area contributed by atoms with Gasteiger partial charge in [-0.2, -0.15) is 0 Å². The molecule has 0 aromatic heterocycles. The molecule has 0 aliphatic heterocycles. The van der Waals surface area contributed by atoms with Gasteiger partial charge in [-0.25, -0.2) is 0 Å². The predicted molar refractivity (Wildman–Crippen MR) is 177 cm³/mol. The molecular formula is C22H58Br2Cl3CuN4O6. The van der Waals surface area contributed by atoms with Crippen molar-refractivity contribution in [2.75, 3.05) is 5.33 Å². The van der Waals surface area contributed by atoms with E-state index in [1.165, 1.54) is 6.92 Å². The summed E-state index contributed by atoms with van der Waals surface area (Å²) in [6.45, 7) is 15.3. The van der Waals surface area contributed by atoms with Crippen LogP contribution in [0.15, 0.2) is 0 Å². The van der Waals surface area contributed by atoms with E-state index in [4.69, 9.17) is 28.9 Å². The maximum absolute atomic E-state index is 9.92. The molecule has 0 spiro atoms. The second kappa shape index (κ2) is 50.4. The molecule has 248 valence electrons. The zero-order valence-electron chi connectivity index (χ0n) is 20.3. The zero-order valence-corrected chi connectivity index (χ0v) is 26.7. The minimum atomic E-state index is -0.642. The summed E-state index contributed by atoms with van der Waals surface area (Å²) in [5.41, 5.74) is 5.30. The number of hydrogen-bond donors (Lipinski definition) is 1. The SMILES string of the molecule is C.C.C.C.C.CC(Br)C(C)[N+](=O)[O-].CC(C)[N+](=O)[O-].CC(Cl)C(C)[N+](=O)[O-].CC(N)C(C)Cl.CCBr.[Cl][Cu]. The van der Waals surface area contributed by atoms with E-state index in [-0.39, 0.29) is 68.6 Å². The van der Waals surface area contributed by atoms with E-state index >= 15 is 0 Å². The van der Waals surface area contributed by atoms with Crippen molar-refractivity contribution in [2.45, 2.75) is 139 Å². The standard InChI is InChI=1S/C4H8BrNO2.C4H8ClNO2.C4H10ClN.C3H7NO2.C2H5Br.5CH4.ClH.Cu/c2*1-3(5)4(2)6(7)8;1-3(5)4(2)6;1-3(2)4(5)6;1-2-3;;;;;;;/h2*3-4H,1-2H3;3-4H,6H2,1-2H3;3H,1-2H3;2H2,1H3;5*1H4;1H;/q;;;;;;;;;;;+1/p-1. The van der Waals surface area contributed by atoms with Gasteiger partial charge in [-0.05, 0) is 27.7 Å². The number of nitrogens with zero attached hydrogens (tertiary/aromatic N) is 3. The van der Waals surface area contributed by atoms with Gasteiger partial charge in [-0.1, -0.05) is 75.9 Å². The summed E-state index contributed by atoms with van der Waals surface area (Å²) in [5, 5.41) is 30.1. The maximum atomic E-state index is 9.92. The number of alkyl halides is 4. The Morgan fingerprint density at radius 1 is 0.711 bits per heavy atom. The first-order chi connectivity index (χ1) is 14.8. The summed E-state index contributed by atoms with van der Waals surface area (Å²) >= 11 is 20.8. The third kappa shape index (κ3) is 76.6. The van der Waals surface area contributed by atoms with Crippen LogP contribution < -0.4 is 5.73 Å². The Bertz CT molecular complexity index is 445. The first-order valence-electron chi connectivity index (χ1n) is 9.57. The van der Waals surface area contributed by atoms with Crippen LogP contribution in [0.3, 0.4) is 0 Å². The van der Waals surface area contributed by atoms with Crippen molar-refractivity contribution >= 4 is 65.2 Å². The summed E-state index contributed by atoms with van der Waals surface area (Å²) < 4.78 is 0. The van der Waals surface area contributed by atoms with E-state index in [9.17, 15) is 30.3 Å². The van der Waals surface area contributed by atoms with Crippen LogP contribution in [-0.2, 0) is 15.1 Å². The molecule has 0 aromatic rings. The molecule has 10 nitrogen and oxygen atoms in total. The van der Waals surface area contributed by atoms with Crippen LogP contribution in [0.25, 0.3) is 0 Å². The van der Waals surface area contributed by atoms with Gasteiger partial charge in [0.15, 0.2) is 0 Å². The van der Waals surface area contributed by atoms with Gasteiger partial charge in [-0.15, -0.1) is 23.2 Å². The van der Waals surface area contributed by atoms with Crippen LogP contribution in [0.5, 0.6) is 0 Å². The number of nitro groups is 3. The number of hydrogen-bond acceptors (Lipinski definition) is 7. The molecule has 0 heterocycles. The van der Waals surface area contributed by atoms with Crippen molar-refractivity contribution in [1.29, 1.82) is 0 Å². The monoisotopic (exact) mass is 800 g/mol. The van der Waals surface area contributed by atoms with Crippen molar-refractivity contribution in [3.63, 3.8) is 0 Å². The second-order valence-corrected chi connectivity index (χ2v) is 10.5. The molecule has 2 N–H and O–H groups in total. The molecule has 0 aliphatic rings. The molecule has 0 aliphatic carbocycles. The number of rotatable bonds is 6. The third-order valence-corrected chi connectivity index (χ3v) is 4.67. The van der Waals surface area contributed by atoms with E-state index in [0.29, 0.717) is 0 Å². The van der Waals surface area contributed by atoms with Crippen LogP contribution in [0, 0.1) is 30.3 Å². The average Bonchev–Trinajstić information content (AvgIpc) is 2.69. The Morgan fingerprint density at radius 2 is 0.895 bits per heavy atom. The minimum absolute atomic E-state index is 0. The van der Waals surface area contributed by atoms with Crippen LogP contribution in [-0.4, -0.2) is 59.8 Å². The summed E-state index contributed by atoms with van der Waals surface area (Å²) in [7, 11) is 4.20. The van der Waals surface area contributed by atoms with Crippen LogP contribution in [0.2, 0.25) is 0 Å². The zero-order chi connectivity index (χ0) is 28.5. The van der Waals surface area contributed by atoms with Crippen molar-refractivity contribution in [1.82, 2.24) is 0 Å². The summed E-state index contributed by atoms with van der Waals surface area (Å²) in [6.07, 6.45) is 0. The Kier molecular flexibility index (Phi) is 94.9. The van der Waals surface area contributed by atoms with Gasteiger partial charge in [0, 0.05) is 59.2 Å². The molecule has 0 fully saturated rings. The number of nitrogens with two attached hydrogens (primary N) is 1. The third-order valence-electron chi connectivity index (χ3n) is 3.14. The molecule has 0 bridgehead atoms.